The van der Waals surface area contributed by atoms with Gasteiger partial charge in [0.05, 0.1) is 12.7 Å². The fourth-order valence-corrected chi connectivity index (χ4v) is 2.89. The minimum atomic E-state index is -0.559. The van der Waals surface area contributed by atoms with Gasteiger partial charge in [-0.15, -0.1) is 0 Å². The first-order valence-electron chi connectivity index (χ1n) is 7.23. The van der Waals surface area contributed by atoms with Crippen LogP contribution in [0.15, 0.2) is 24.3 Å². The van der Waals surface area contributed by atoms with E-state index in [1.54, 1.807) is 7.11 Å². The Morgan fingerprint density at radius 3 is 2.89 bits per heavy atom. The van der Waals surface area contributed by atoms with Crippen LogP contribution in [0.1, 0.15) is 31.7 Å². The highest BCUT2D eigenvalue weighted by Gasteiger charge is 2.30. The highest BCUT2D eigenvalue weighted by molar-refractivity contribution is 5.29. The van der Waals surface area contributed by atoms with Crippen molar-refractivity contribution in [1.29, 1.82) is 0 Å². The molecule has 2 rings (SSSR count). The van der Waals surface area contributed by atoms with Gasteiger partial charge in [-0.2, -0.15) is 0 Å². The molecule has 0 amide bonds. The average molecular weight is 263 g/mol. The molecule has 106 valence electrons. The molecule has 1 aromatic rings. The second-order valence-electron chi connectivity index (χ2n) is 5.54. The second kappa shape index (κ2) is 6.40. The molecule has 1 saturated heterocycles. The van der Waals surface area contributed by atoms with Crippen LogP contribution in [-0.4, -0.2) is 42.4 Å². The molecular formula is C16H25NO2. The quantitative estimate of drug-likeness (QED) is 0.906. The Balaban J connectivity index is 2.03. The summed E-state index contributed by atoms with van der Waals surface area (Å²) in [7, 11) is 1.68. The van der Waals surface area contributed by atoms with E-state index in [1.165, 1.54) is 0 Å². The molecule has 1 heterocycles. The lowest BCUT2D eigenvalue weighted by atomic mass is 9.88. The first kappa shape index (κ1) is 14.4. The maximum atomic E-state index is 10.8. The van der Waals surface area contributed by atoms with E-state index in [9.17, 15) is 5.11 Å². The zero-order valence-corrected chi connectivity index (χ0v) is 12.1. The first-order chi connectivity index (χ1) is 9.15. The Kier molecular flexibility index (Phi) is 4.83. The van der Waals surface area contributed by atoms with Crippen molar-refractivity contribution < 1.29 is 9.84 Å². The lowest BCUT2D eigenvalue weighted by Crippen LogP contribution is -2.33. The Morgan fingerprint density at radius 2 is 2.16 bits per heavy atom. The van der Waals surface area contributed by atoms with Crippen molar-refractivity contribution in [2.45, 2.75) is 38.2 Å². The number of rotatable bonds is 4. The molecule has 1 unspecified atom stereocenters. The van der Waals surface area contributed by atoms with E-state index >= 15 is 0 Å². The number of nitrogens with zero attached hydrogens (tertiary/aromatic N) is 1. The molecule has 0 spiro atoms. The first-order valence-corrected chi connectivity index (χ1v) is 7.23. The van der Waals surface area contributed by atoms with Gasteiger partial charge in [-0.05, 0) is 50.0 Å². The van der Waals surface area contributed by atoms with Gasteiger partial charge in [-0.1, -0.05) is 19.1 Å². The monoisotopic (exact) mass is 263 g/mol. The predicted molar refractivity (Wildman–Crippen MR) is 77.6 cm³/mol. The van der Waals surface area contributed by atoms with E-state index < -0.39 is 5.60 Å². The molecule has 1 aliphatic heterocycles. The van der Waals surface area contributed by atoms with Crippen LogP contribution >= 0.6 is 0 Å². The summed E-state index contributed by atoms with van der Waals surface area (Å²) in [6.07, 6.45) is 3.55. The van der Waals surface area contributed by atoms with Crippen LogP contribution in [0.5, 0.6) is 5.75 Å². The van der Waals surface area contributed by atoms with Crippen molar-refractivity contribution in [2.24, 2.45) is 0 Å². The van der Waals surface area contributed by atoms with E-state index in [0.29, 0.717) is 0 Å². The van der Waals surface area contributed by atoms with Crippen molar-refractivity contribution in [3.63, 3.8) is 0 Å². The fourth-order valence-electron chi connectivity index (χ4n) is 2.89. The van der Waals surface area contributed by atoms with Gasteiger partial charge in [0.2, 0.25) is 0 Å². The topological polar surface area (TPSA) is 32.7 Å². The van der Waals surface area contributed by atoms with Crippen LogP contribution in [0.2, 0.25) is 0 Å². The van der Waals surface area contributed by atoms with Gasteiger partial charge in [0.25, 0.3) is 0 Å². The third kappa shape index (κ3) is 3.95. The number of ether oxygens (including phenoxy) is 1. The summed E-state index contributed by atoms with van der Waals surface area (Å²) in [5.74, 6) is 0.866. The van der Waals surface area contributed by atoms with Crippen LogP contribution in [0, 0.1) is 0 Å². The summed E-state index contributed by atoms with van der Waals surface area (Å²) in [4.78, 5) is 2.42. The summed E-state index contributed by atoms with van der Waals surface area (Å²) in [5.41, 5.74) is 0.600. The average Bonchev–Trinajstić information content (AvgIpc) is 2.60. The Hall–Kier alpha value is -1.06. The van der Waals surface area contributed by atoms with Crippen molar-refractivity contribution in [3.8, 4) is 5.75 Å². The predicted octanol–water partition coefficient (Wildman–Crippen LogP) is 2.47. The number of likely N-dealkylation sites (tertiary alicyclic amines) is 1. The molecule has 1 N–H and O–H groups in total. The molecular weight excluding hydrogens is 238 g/mol. The van der Waals surface area contributed by atoms with Crippen LogP contribution in [0.25, 0.3) is 0 Å². The molecule has 1 fully saturated rings. The van der Waals surface area contributed by atoms with Crippen molar-refractivity contribution in [2.75, 3.05) is 26.7 Å². The van der Waals surface area contributed by atoms with Crippen molar-refractivity contribution >= 4 is 0 Å². The number of benzene rings is 1. The van der Waals surface area contributed by atoms with Crippen LogP contribution in [0.3, 0.4) is 0 Å². The Bertz CT molecular complexity index is 407. The van der Waals surface area contributed by atoms with Crippen LogP contribution < -0.4 is 4.74 Å². The van der Waals surface area contributed by atoms with Gasteiger partial charge in [0.1, 0.15) is 5.75 Å². The molecule has 19 heavy (non-hydrogen) atoms. The van der Waals surface area contributed by atoms with E-state index in [1.807, 2.05) is 18.2 Å². The van der Waals surface area contributed by atoms with E-state index in [4.69, 9.17) is 4.74 Å². The van der Waals surface area contributed by atoms with Gasteiger partial charge in [0.15, 0.2) is 0 Å². The molecule has 0 bridgehead atoms. The zero-order chi connectivity index (χ0) is 13.7. The molecule has 0 saturated carbocycles. The highest BCUT2D eigenvalue weighted by Crippen LogP contribution is 2.27. The van der Waals surface area contributed by atoms with E-state index in [2.05, 4.69) is 17.9 Å². The summed E-state index contributed by atoms with van der Waals surface area (Å²) in [5, 5.41) is 10.8. The minimum Gasteiger partial charge on any atom is -0.497 e. The lowest BCUT2D eigenvalue weighted by molar-refractivity contribution is 0.0258. The number of methoxy groups -OCH3 is 1. The molecule has 0 radical (unpaired) electrons. The lowest BCUT2D eigenvalue weighted by Gasteiger charge is -2.27. The number of aliphatic hydroxyl groups is 1. The molecule has 3 nitrogen and oxygen atoms in total. The van der Waals surface area contributed by atoms with Gasteiger partial charge < -0.3 is 14.7 Å². The molecule has 1 aromatic carbocycles. The summed E-state index contributed by atoms with van der Waals surface area (Å²) in [6, 6.07) is 8.04. The summed E-state index contributed by atoms with van der Waals surface area (Å²) >= 11 is 0. The number of hydrogen-bond acceptors (Lipinski definition) is 3. The molecule has 3 heteroatoms. The highest BCUT2D eigenvalue weighted by atomic mass is 16.5. The SMILES string of the molecule is CCN1CCCC(O)(Cc2cccc(OC)c2)CC1. The molecule has 1 aliphatic rings. The molecule has 1 atom stereocenters. The summed E-state index contributed by atoms with van der Waals surface area (Å²) < 4.78 is 5.25. The fraction of sp³-hybridized carbons (Fsp3) is 0.625. The van der Waals surface area contributed by atoms with Crippen LogP contribution in [-0.2, 0) is 6.42 Å². The van der Waals surface area contributed by atoms with Crippen LogP contribution in [0.4, 0.5) is 0 Å². The van der Waals surface area contributed by atoms with Gasteiger partial charge in [-0.3, -0.25) is 0 Å². The molecule has 0 aromatic heterocycles. The minimum absolute atomic E-state index is 0.559. The van der Waals surface area contributed by atoms with Gasteiger partial charge in [-0.25, -0.2) is 0 Å². The molecule has 0 aliphatic carbocycles. The van der Waals surface area contributed by atoms with Gasteiger partial charge >= 0.3 is 0 Å². The third-order valence-electron chi connectivity index (χ3n) is 4.12. The Labute approximate surface area is 116 Å². The number of hydrogen-bond donors (Lipinski definition) is 1. The van der Waals surface area contributed by atoms with E-state index in [0.717, 1.165) is 56.6 Å². The maximum absolute atomic E-state index is 10.8. The van der Waals surface area contributed by atoms with Gasteiger partial charge in [0, 0.05) is 13.0 Å². The van der Waals surface area contributed by atoms with E-state index in [-0.39, 0.29) is 0 Å². The van der Waals surface area contributed by atoms with Crippen molar-refractivity contribution in [3.05, 3.63) is 29.8 Å². The summed E-state index contributed by atoms with van der Waals surface area (Å²) in [6.45, 7) is 5.37. The largest absolute Gasteiger partial charge is 0.497 e. The third-order valence-corrected chi connectivity index (χ3v) is 4.12. The second-order valence-corrected chi connectivity index (χ2v) is 5.54. The normalized spacial score (nSPS) is 25.0. The smallest absolute Gasteiger partial charge is 0.119 e. The standard InChI is InChI=1S/C16H25NO2/c1-3-17-10-5-8-16(18,9-11-17)13-14-6-4-7-15(12-14)19-2/h4,6-7,12,18H,3,5,8-11,13H2,1-2H3. The zero-order valence-electron chi connectivity index (χ0n) is 12.1. The Morgan fingerprint density at radius 1 is 1.32 bits per heavy atom. The van der Waals surface area contributed by atoms with Crippen molar-refractivity contribution in [1.82, 2.24) is 4.90 Å². The maximum Gasteiger partial charge on any atom is 0.119 e.